The van der Waals surface area contributed by atoms with Crippen LogP contribution in [0.5, 0.6) is 0 Å². The summed E-state index contributed by atoms with van der Waals surface area (Å²) in [6.45, 7) is 15.6. The molecule has 0 fully saturated rings. The van der Waals surface area contributed by atoms with Gasteiger partial charge in [0.25, 0.3) is 8.32 Å². The molecule has 5 rings (SSSR count). The van der Waals surface area contributed by atoms with Crippen molar-refractivity contribution < 1.29 is 14.0 Å². The summed E-state index contributed by atoms with van der Waals surface area (Å²) in [6, 6.07) is 23.6. The van der Waals surface area contributed by atoms with Crippen molar-refractivity contribution >= 4 is 69.7 Å². The van der Waals surface area contributed by atoms with E-state index < -0.39 is 13.9 Å². The third-order valence-corrected chi connectivity index (χ3v) is 14.9. The average molecular weight is 701 g/mol. The van der Waals surface area contributed by atoms with Crippen LogP contribution < -0.4 is 15.8 Å². The van der Waals surface area contributed by atoms with Crippen molar-refractivity contribution in [2.75, 3.05) is 19.1 Å². The van der Waals surface area contributed by atoms with Gasteiger partial charge in [0.2, 0.25) is 0 Å². The summed E-state index contributed by atoms with van der Waals surface area (Å²) in [7, 11) is -0.958. The molecule has 0 spiro atoms. The predicted molar refractivity (Wildman–Crippen MR) is 200 cm³/mol. The quantitative estimate of drug-likeness (QED) is 0.0859. The van der Waals surface area contributed by atoms with Crippen LogP contribution in [0.4, 0.5) is 10.6 Å². The maximum Gasteiger partial charge on any atom is 0.410 e. The largest absolute Gasteiger partial charge is 0.444 e. The molecule has 1 atom stereocenters. The van der Waals surface area contributed by atoms with Gasteiger partial charge in [0.1, 0.15) is 21.8 Å². The molecule has 0 saturated heterocycles. The number of benzene rings is 2. The number of nitrogens with zero attached hydrogens (tertiary/aromatic N) is 5. The summed E-state index contributed by atoms with van der Waals surface area (Å²) < 4.78 is 12.7. The van der Waals surface area contributed by atoms with Gasteiger partial charge < -0.3 is 14.1 Å². The van der Waals surface area contributed by atoms with Crippen molar-refractivity contribution in [2.45, 2.75) is 71.6 Å². The van der Waals surface area contributed by atoms with Crippen LogP contribution in [0.15, 0.2) is 83.5 Å². The number of hydrazone groups is 1. The van der Waals surface area contributed by atoms with Crippen molar-refractivity contribution in [3.8, 4) is 0 Å². The third-order valence-electron chi connectivity index (χ3n) is 7.82. The molecule has 2 aromatic carbocycles. The highest BCUT2D eigenvalue weighted by atomic mass is 32.1. The highest BCUT2D eigenvalue weighted by molar-refractivity contribution is 7.18. The maximum atomic E-state index is 12.3. The Morgan fingerprint density at radius 3 is 2.27 bits per heavy atom. The van der Waals surface area contributed by atoms with E-state index in [-0.39, 0.29) is 17.0 Å². The first kappa shape index (κ1) is 35.3. The van der Waals surface area contributed by atoms with Gasteiger partial charge in [-0.15, -0.1) is 22.7 Å². The SMILES string of the molecule is CC(CO[Si](c1ccccc1)(c1ccccc1)C(C)(C)C)c1cc2c(NN=Cc3nc(CN(C)C(=O)OC(C)(C)C)cs3)ncnc2s1. The standard InChI is InChI=1S/C36H44N6O3S2Si/c1-25(22-44-48(36(5,6)7,27-15-11-9-12-16-27)28-17-13-10-14-18-28)30-19-29-32(37-24-38-33(29)47-30)41-39-20-31-40-26(23-46-31)21-42(8)34(43)45-35(2,3)4/h9-20,23-25H,21-22H2,1-8H3,(H,37,38,41). The van der Waals surface area contributed by atoms with Crippen molar-refractivity contribution in [1.82, 2.24) is 19.9 Å². The van der Waals surface area contributed by atoms with E-state index in [9.17, 15) is 4.79 Å². The molecule has 0 aliphatic heterocycles. The zero-order chi connectivity index (χ0) is 34.5. The van der Waals surface area contributed by atoms with Crippen molar-refractivity contribution in [3.05, 3.63) is 94.0 Å². The number of ether oxygens (including phenoxy) is 1. The summed E-state index contributed by atoms with van der Waals surface area (Å²) in [5.41, 5.74) is 3.29. The van der Waals surface area contributed by atoms with Gasteiger partial charge in [-0.3, -0.25) is 5.43 Å². The van der Waals surface area contributed by atoms with Gasteiger partial charge in [-0.05, 0) is 42.2 Å². The first-order valence-corrected chi connectivity index (χ1v) is 19.5. The van der Waals surface area contributed by atoms with Crippen LogP contribution in [-0.2, 0) is 15.7 Å². The Balaban J connectivity index is 1.29. The lowest BCUT2D eigenvalue weighted by Crippen LogP contribution is -2.66. The lowest BCUT2D eigenvalue weighted by molar-refractivity contribution is 0.0283. The Kier molecular flexibility index (Phi) is 10.8. The Morgan fingerprint density at radius 1 is 1.02 bits per heavy atom. The summed E-state index contributed by atoms with van der Waals surface area (Å²) >= 11 is 3.10. The molecule has 5 aromatic rings. The first-order chi connectivity index (χ1) is 22.8. The van der Waals surface area contributed by atoms with Crippen LogP contribution in [0.25, 0.3) is 10.2 Å². The second-order valence-corrected chi connectivity index (χ2v) is 20.1. The van der Waals surface area contributed by atoms with Crippen LogP contribution in [0, 0.1) is 0 Å². The molecule has 12 heteroatoms. The van der Waals surface area contributed by atoms with Crippen molar-refractivity contribution in [3.63, 3.8) is 0 Å². The number of amides is 1. The molecule has 48 heavy (non-hydrogen) atoms. The lowest BCUT2D eigenvalue weighted by Gasteiger charge is -2.43. The number of carbonyl (C=O) groups is 1. The number of nitrogens with one attached hydrogen (secondary N) is 1. The first-order valence-electron chi connectivity index (χ1n) is 15.9. The van der Waals surface area contributed by atoms with Crippen LogP contribution in [0.1, 0.15) is 70.0 Å². The number of fused-ring (bicyclic) bond motifs is 1. The van der Waals surface area contributed by atoms with Crippen molar-refractivity contribution in [2.24, 2.45) is 5.10 Å². The Morgan fingerprint density at radius 2 is 1.67 bits per heavy atom. The summed E-state index contributed by atoms with van der Waals surface area (Å²) in [4.78, 5) is 29.5. The number of thiazole rings is 1. The molecule has 0 radical (unpaired) electrons. The second kappa shape index (κ2) is 14.6. The van der Waals surface area contributed by atoms with Gasteiger partial charge >= 0.3 is 6.09 Å². The second-order valence-electron chi connectivity index (χ2n) is 13.8. The van der Waals surface area contributed by atoms with Crippen LogP contribution in [0.3, 0.4) is 0 Å². The van der Waals surface area contributed by atoms with Gasteiger partial charge in [-0.1, -0.05) is 88.4 Å². The van der Waals surface area contributed by atoms with E-state index in [1.807, 2.05) is 26.2 Å². The molecular formula is C36H44N6O3S2Si. The Bertz CT molecular complexity index is 1810. The monoisotopic (exact) mass is 700 g/mol. The molecular weight excluding hydrogens is 657 g/mol. The highest BCUT2D eigenvalue weighted by Gasteiger charge is 2.50. The minimum absolute atomic E-state index is 0.0949. The van der Waals surface area contributed by atoms with E-state index in [1.54, 1.807) is 30.9 Å². The van der Waals surface area contributed by atoms with Gasteiger partial charge in [0, 0.05) is 29.8 Å². The number of hydrogen-bond acceptors (Lipinski definition) is 10. The molecule has 1 N–H and O–H groups in total. The fourth-order valence-corrected chi connectivity index (χ4v) is 11.9. The summed E-state index contributed by atoms with van der Waals surface area (Å²) in [5.74, 6) is 0.759. The van der Waals surface area contributed by atoms with Crippen molar-refractivity contribution in [1.29, 1.82) is 0 Å². The zero-order valence-corrected chi connectivity index (χ0v) is 31.5. The summed E-state index contributed by atoms with van der Waals surface area (Å²) in [5, 5.41) is 10.4. The molecule has 0 bridgehead atoms. The minimum Gasteiger partial charge on any atom is -0.444 e. The summed E-state index contributed by atoms with van der Waals surface area (Å²) in [6.07, 6.45) is 2.82. The Labute approximate surface area is 292 Å². The predicted octanol–water partition coefficient (Wildman–Crippen LogP) is 7.64. The van der Waals surface area contributed by atoms with Crippen LogP contribution >= 0.6 is 22.7 Å². The van der Waals surface area contributed by atoms with Gasteiger partial charge in [-0.2, -0.15) is 5.10 Å². The molecule has 3 aromatic heterocycles. The van der Waals surface area contributed by atoms with E-state index in [4.69, 9.17) is 9.16 Å². The molecule has 0 saturated carbocycles. The highest BCUT2D eigenvalue weighted by Crippen LogP contribution is 2.39. The lowest BCUT2D eigenvalue weighted by atomic mass is 10.1. The number of thiophene rings is 1. The zero-order valence-electron chi connectivity index (χ0n) is 28.9. The average Bonchev–Trinajstić information content (AvgIpc) is 3.68. The normalized spacial score (nSPS) is 13.2. The van der Waals surface area contributed by atoms with E-state index in [0.717, 1.165) is 15.9 Å². The van der Waals surface area contributed by atoms with Gasteiger partial charge in [-0.25, -0.2) is 19.7 Å². The fraction of sp³-hybridized carbons (Fsp3) is 0.361. The molecule has 252 valence electrons. The molecule has 1 unspecified atom stereocenters. The molecule has 1 amide bonds. The number of hydrogen-bond donors (Lipinski definition) is 1. The van der Waals surface area contributed by atoms with Crippen LogP contribution in [-0.4, -0.2) is 59.7 Å². The number of carbonyl (C=O) groups excluding carboxylic acids is 1. The molecule has 3 heterocycles. The maximum absolute atomic E-state index is 12.3. The van der Waals surface area contributed by atoms with Crippen LogP contribution in [0.2, 0.25) is 5.04 Å². The van der Waals surface area contributed by atoms with Gasteiger partial charge in [0.15, 0.2) is 5.82 Å². The van der Waals surface area contributed by atoms with E-state index in [0.29, 0.717) is 24.0 Å². The molecule has 0 aliphatic carbocycles. The van der Waals surface area contributed by atoms with E-state index >= 15 is 0 Å². The number of rotatable bonds is 11. The number of anilines is 1. The number of aromatic nitrogens is 3. The van der Waals surface area contributed by atoms with Gasteiger partial charge in [0.05, 0.1) is 23.8 Å². The molecule has 9 nitrogen and oxygen atoms in total. The fourth-order valence-electron chi connectivity index (χ4n) is 5.55. The van der Waals surface area contributed by atoms with E-state index in [1.165, 1.54) is 31.5 Å². The molecule has 0 aliphatic rings. The smallest absolute Gasteiger partial charge is 0.410 e. The third kappa shape index (κ3) is 8.17. The van der Waals surface area contributed by atoms with E-state index in [2.05, 4.69) is 120 Å². The minimum atomic E-state index is -2.65. The Hall–Kier alpha value is -3.97. The topological polar surface area (TPSA) is 102 Å².